The van der Waals surface area contributed by atoms with Gasteiger partial charge < -0.3 is 5.32 Å². The fourth-order valence-corrected chi connectivity index (χ4v) is 2.66. The molecule has 2 atom stereocenters. The van der Waals surface area contributed by atoms with Gasteiger partial charge in [-0.3, -0.25) is 0 Å². The highest BCUT2D eigenvalue weighted by atomic mass is 19.1. The van der Waals surface area contributed by atoms with Gasteiger partial charge in [0.25, 0.3) is 0 Å². The lowest BCUT2D eigenvalue weighted by molar-refractivity contribution is 0.465. The van der Waals surface area contributed by atoms with Gasteiger partial charge in [0, 0.05) is 12.0 Å². The molecule has 1 nitrogen and oxygen atoms in total. The second kappa shape index (κ2) is 6.48. The molecule has 19 heavy (non-hydrogen) atoms. The first-order valence-electron chi connectivity index (χ1n) is 6.74. The van der Waals surface area contributed by atoms with Crippen LogP contribution in [0.4, 0.5) is 4.39 Å². The number of hydrogen-bond acceptors (Lipinski definition) is 1. The van der Waals surface area contributed by atoms with Crippen LogP contribution in [0.3, 0.4) is 0 Å². The third-order valence-corrected chi connectivity index (χ3v) is 3.59. The summed E-state index contributed by atoms with van der Waals surface area (Å²) in [5.74, 6) is 0.161. The van der Waals surface area contributed by atoms with Crippen molar-refractivity contribution in [3.8, 4) is 0 Å². The average Bonchev–Trinajstić information content (AvgIpc) is 2.45. The van der Waals surface area contributed by atoms with E-state index in [9.17, 15) is 4.39 Å². The zero-order chi connectivity index (χ0) is 13.7. The topological polar surface area (TPSA) is 12.0 Å². The van der Waals surface area contributed by atoms with Crippen LogP contribution in [-0.4, -0.2) is 7.05 Å². The van der Waals surface area contributed by atoms with Crippen molar-refractivity contribution in [3.63, 3.8) is 0 Å². The van der Waals surface area contributed by atoms with Crippen LogP contribution in [0, 0.1) is 5.82 Å². The highest BCUT2D eigenvalue weighted by molar-refractivity contribution is 5.28. The summed E-state index contributed by atoms with van der Waals surface area (Å²) in [6.07, 6.45) is 1.01. The SMILES string of the molecule is CCC(c1ccccc1)C(NC)c1cccc(F)c1. The molecule has 0 saturated heterocycles. The highest BCUT2D eigenvalue weighted by Crippen LogP contribution is 2.33. The second-order valence-corrected chi connectivity index (χ2v) is 4.75. The van der Waals surface area contributed by atoms with Gasteiger partial charge in [-0.15, -0.1) is 0 Å². The molecule has 2 rings (SSSR count). The summed E-state index contributed by atoms with van der Waals surface area (Å²) in [7, 11) is 1.93. The Balaban J connectivity index is 2.34. The minimum atomic E-state index is -0.180. The van der Waals surface area contributed by atoms with Gasteiger partial charge in [-0.05, 0) is 36.7 Å². The van der Waals surface area contributed by atoms with Gasteiger partial charge in [0.15, 0.2) is 0 Å². The summed E-state index contributed by atoms with van der Waals surface area (Å²) in [6, 6.07) is 17.4. The number of rotatable bonds is 5. The lowest BCUT2D eigenvalue weighted by atomic mass is 9.85. The molecule has 0 saturated carbocycles. The van der Waals surface area contributed by atoms with Crippen molar-refractivity contribution >= 4 is 0 Å². The Kier molecular flexibility index (Phi) is 4.69. The Morgan fingerprint density at radius 3 is 2.26 bits per heavy atom. The smallest absolute Gasteiger partial charge is 0.123 e. The predicted molar refractivity (Wildman–Crippen MR) is 77.7 cm³/mol. The zero-order valence-electron chi connectivity index (χ0n) is 11.4. The largest absolute Gasteiger partial charge is 0.312 e. The Morgan fingerprint density at radius 2 is 1.68 bits per heavy atom. The molecule has 2 unspecified atom stereocenters. The number of hydrogen-bond donors (Lipinski definition) is 1. The van der Waals surface area contributed by atoms with E-state index in [1.165, 1.54) is 11.6 Å². The van der Waals surface area contributed by atoms with Crippen LogP contribution < -0.4 is 5.32 Å². The molecule has 2 heteroatoms. The molecule has 0 aliphatic carbocycles. The standard InChI is InChI=1S/C17H20FN/c1-3-16(13-8-5-4-6-9-13)17(19-2)14-10-7-11-15(18)12-14/h4-12,16-17,19H,3H2,1-2H3. The van der Waals surface area contributed by atoms with E-state index in [1.807, 2.05) is 19.2 Å². The average molecular weight is 257 g/mol. The quantitative estimate of drug-likeness (QED) is 0.843. The number of likely N-dealkylation sites (N-methyl/N-ethyl adjacent to an activating group) is 1. The van der Waals surface area contributed by atoms with Crippen molar-refractivity contribution in [2.45, 2.75) is 25.3 Å². The summed E-state index contributed by atoms with van der Waals surface area (Å²) in [5, 5.41) is 3.33. The van der Waals surface area contributed by atoms with Crippen molar-refractivity contribution in [2.75, 3.05) is 7.05 Å². The molecule has 0 aromatic heterocycles. The van der Waals surface area contributed by atoms with Crippen LogP contribution in [0.25, 0.3) is 0 Å². The minimum Gasteiger partial charge on any atom is -0.312 e. The summed E-state index contributed by atoms with van der Waals surface area (Å²) < 4.78 is 13.4. The van der Waals surface area contributed by atoms with E-state index in [4.69, 9.17) is 0 Å². The lowest BCUT2D eigenvalue weighted by Crippen LogP contribution is -2.23. The van der Waals surface area contributed by atoms with E-state index < -0.39 is 0 Å². The van der Waals surface area contributed by atoms with Crippen LogP contribution in [0.15, 0.2) is 54.6 Å². The molecule has 0 heterocycles. The predicted octanol–water partition coefficient (Wildman–Crippen LogP) is 4.28. The van der Waals surface area contributed by atoms with Crippen LogP contribution in [0.2, 0.25) is 0 Å². The maximum absolute atomic E-state index is 13.4. The van der Waals surface area contributed by atoms with Gasteiger partial charge in [-0.2, -0.15) is 0 Å². The lowest BCUT2D eigenvalue weighted by Gasteiger charge is -2.27. The molecule has 0 aliphatic rings. The van der Waals surface area contributed by atoms with E-state index in [0.29, 0.717) is 5.92 Å². The van der Waals surface area contributed by atoms with Gasteiger partial charge in [0.2, 0.25) is 0 Å². The van der Waals surface area contributed by atoms with Crippen LogP contribution in [-0.2, 0) is 0 Å². The fraction of sp³-hybridized carbons (Fsp3) is 0.294. The van der Waals surface area contributed by atoms with Crippen molar-refractivity contribution in [1.29, 1.82) is 0 Å². The molecule has 0 amide bonds. The Labute approximate surface area is 114 Å². The third-order valence-electron chi connectivity index (χ3n) is 3.59. The molecule has 0 aliphatic heterocycles. The van der Waals surface area contributed by atoms with Gasteiger partial charge in [0.1, 0.15) is 5.82 Å². The molecule has 2 aromatic carbocycles. The number of halogens is 1. The first kappa shape index (κ1) is 13.8. The maximum atomic E-state index is 13.4. The van der Waals surface area contributed by atoms with Crippen molar-refractivity contribution < 1.29 is 4.39 Å². The zero-order valence-corrected chi connectivity index (χ0v) is 11.4. The van der Waals surface area contributed by atoms with E-state index in [-0.39, 0.29) is 11.9 Å². The molecule has 0 spiro atoms. The minimum absolute atomic E-state index is 0.128. The van der Waals surface area contributed by atoms with Gasteiger partial charge in [-0.1, -0.05) is 49.4 Å². The normalized spacial score (nSPS) is 14.1. The molecular formula is C17H20FN. The molecule has 0 radical (unpaired) electrons. The van der Waals surface area contributed by atoms with E-state index in [0.717, 1.165) is 12.0 Å². The fourth-order valence-electron chi connectivity index (χ4n) is 2.66. The van der Waals surface area contributed by atoms with Gasteiger partial charge >= 0.3 is 0 Å². The molecule has 1 N–H and O–H groups in total. The van der Waals surface area contributed by atoms with Crippen molar-refractivity contribution in [1.82, 2.24) is 5.32 Å². The summed E-state index contributed by atoms with van der Waals surface area (Å²) in [5.41, 5.74) is 2.28. The monoisotopic (exact) mass is 257 g/mol. The van der Waals surface area contributed by atoms with Crippen LogP contribution in [0.1, 0.15) is 36.4 Å². The Hall–Kier alpha value is -1.67. The first-order chi connectivity index (χ1) is 9.26. The van der Waals surface area contributed by atoms with Crippen molar-refractivity contribution in [2.24, 2.45) is 0 Å². The molecule has 100 valence electrons. The third kappa shape index (κ3) is 3.21. The van der Waals surface area contributed by atoms with Crippen molar-refractivity contribution in [3.05, 3.63) is 71.5 Å². The number of nitrogens with one attached hydrogen (secondary N) is 1. The molecule has 0 fully saturated rings. The first-order valence-corrected chi connectivity index (χ1v) is 6.74. The van der Waals surface area contributed by atoms with Crippen LogP contribution >= 0.6 is 0 Å². The van der Waals surface area contributed by atoms with E-state index in [1.54, 1.807) is 12.1 Å². The summed E-state index contributed by atoms with van der Waals surface area (Å²) >= 11 is 0. The summed E-state index contributed by atoms with van der Waals surface area (Å²) in [4.78, 5) is 0. The summed E-state index contributed by atoms with van der Waals surface area (Å²) in [6.45, 7) is 2.17. The molecule has 0 bridgehead atoms. The highest BCUT2D eigenvalue weighted by Gasteiger charge is 2.21. The second-order valence-electron chi connectivity index (χ2n) is 4.75. The van der Waals surface area contributed by atoms with E-state index in [2.05, 4.69) is 36.5 Å². The molecule has 2 aromatic rings. The van der Waals surface area contributed by atoms with Gasteiger partial charge in [0.05, 0.1) is 0 Å². The van der Waals surface area contributed by atoms with Crippen LogP contribution in [0.5, 0.6) is 0 Å². The molecular weight excluding hydrogens is 237 g/mol. The van der Waals surface area contributed by atoms with Gasteiger partial charge in [-0.25, -0.2) is 4.39 Å². The van der Waals surface area contributed by atoms with E-state index >= 15 is 0 Å². The Bertz CT molecular complexity index is 510. The maximum Gasteiger partial charge on any atom is 0.123 e. The Morgan fingerprint density at radius 1 is 1.00 bits per heavy atom. The number of benzene rings is 2.